The molecule has 0 saturated heterocycles. The number of carbonyl (C=O) groups excluding carboxylic acids is 2. The number of benzene rings is 2. The van der Waals surface area contributed by atoms with Gasteiger partial charge in [-0.25, -0.2) is 9.78 Å². The van der Waals surface area contributed by atoms with Crippen LogP contribution in [-0.2, 0) is 16.1 Å². The lowest BCUT2D eigenvalue weighted by atomic mass is 10.2. The third kappa shape index (κ3) is 4.73. The van der Waals surface area contributed by atoms with Crippen molar-refractivity contribution in [2.24, 2.45) is 0 Å². The summed E-state index contributed by atoms with van der Waals surface area (Å²) in [6.45, 7) is 5.28. The van der Waals surface area contributed by atoms with Crippen molar-refractivity contribution in [3.05, 3.63) is 91.8 Å². The number of halogens is 1. The number of carbonyl (C=O) groups is 2. The molecule has 174 valence electrons. The molecule has 7 nitrogen and oxygen atoms in total. The predicted octanol–water partition coefficient (Wildman–Crippen LogP) is 5.28. The van der Waals surface area contributed by atoms with Crippen molar-refractivity contribution in [3.63, 3.8) is 0 Å². The number of anilines is 1. The maximum absolute atomic E-state index is 13.3. The molecule has 1 unspecified atom stereocenters. The second-order valence-electron chi connectivity index (χ2n) is 7.88. The Morgan fingerprint density at radius 3 is 2.65 bits per heavy atom. The van der Waals surface area contributed by atoms with E-state index in [4.69, 9.17) is 16.3 Å². The van der Waals surface area contributed by atoms with Gasteiger partial charge in [0.1, 0.15) is 22.4 Å². The monoisotopic (exact) mass is 495 g/mol. The van der Waals surface area contributed by atoms with Crippen LogP contribution in [-0.4, -0.2) is 21.4 Å². The zero-order valence-corrected chi connectivity index (χ0v) is 20.4. The van der Waals surface area contributed by atoms with Crippen molar-refractivity contribution in [1.29, 1.82) is 0 Å². The number of amides is 1. The fraction of sp³-hybridized carbons (Fsp3) is 0.200. The molecular weight excluding hydrogens is 474 g/mol. The third-order valence-corrected chi connectivity index (χ3v) is 6.94. The van der Waals surface area contributed by atoms with E-state index in [-0.39, 0.29) is 12.5 Å². The predicted molar refractivity (Wildman–Crippen MR) is 134 cm³/mol. The molecule has 0 aliphatic carbocycles. The van der Waals surface area contributed by atoms with Gasteiger partial charge in [-0.05, 0) is 49.6 Å². The number of thiophene rings is 1. The van der Waals surface area contributed by atoms with Gasteiger partial charge in [0.05, 0.1) is 11.7 Å². The zero-order chi connectivity index (χ0) is 24.4. The highest BCUT2D eigenvalue weighted by atomic mass is 35.5. The number of fused-ring (bicyclic) bond motifs is 1. The first kappa shape index (κ1) is 23.7. The summed E-state index contributed by atoms with van der Waals surface area (Å²) >= 11 is 7.14. The molecule has 2 aromatic carbocycles. The number of ether oxygens (including phenoxy) is 1. The molecule has 0 aliphatic heterocycles. The summed E-state index contributed by atoms with van der Waals surface area (Å²) in [5, 5.41) is 3.61. The standard InChI is InChI=1S/C25H22ClN3O4S/c1-14-9-10-18(26)11-19(14)28-22(30)16(3)29-13-27-23-20(24(29)31)15(2)21(34-23)25(32)33-12-17-7-5-4-6-8-17/h4-11,13,16H,12H2,1-3H3,(H,28,30). The van der Waals surface area contributed by atoms with E-state index in [1.165, 1.54) is 10.9 Å². The van der Waals surface area contributed by atoms with Crippen molar-refractivity contribution in [1.82, 2.24) is 9.55 Å². The molecule has 4 aromatic rings. The topological polar surface area (TPSA) is 90.3 Å². The summed E-state index contributed by atoms with van der Waals surface area (Å²) in [4.78, 5) is 43.9. The smallest absolute Gasteiger partial charge is 0.349 e. The van der Waals surface area contributed by atoms with Crippen molar-refractivity contribution < 1.29 is 14.3 Å². The third-order valence-electron chi connectivity index (χ3n) is 5.53. The van der Waals surface area contributed by atoms with Gasteiger partial charge in [0.15, 0.2) is 0 Å². The molecule has 9 heteroatoms. The van der Waals surface area contributed by atoms with Crippen LogP contribution in [0.1, 0.15) is 39.3 Å². The highest BCUT2D eigenvalue weighted by molar-refractivity contribution is 7.20. The van der Waals surface area contributed by atoms with Gasteiger partial charge < -0.3 is 10.1 Å². The quantitative estimate of drug-likeness (QED) is 0.367. The number of rotatable bonds is 6. The lowest BCUT2D eigenvalue weighted by Gasteiger charge is -2.16. The minimum absolute atomic E-state index is 0.130. The summed E-state index contributed by atoms with van der Waals surface area (Å²) in [5.74, 6) is -0.901. The van der Waals surface area contributed by atoms with Gasteiger partial charge in [0.25, 0.3) is 5.56 Å². The first-order valence-corrected chi connectivity index (χ1v) is 11.7. The molecule has 0 fully saturated rings. The van der Waals surface area contributed by atoms with Crippen LogP contribution in [0.15, 0.2) is 59.7 Å². The van der Waals surface area contributed by atoms with E-state index in [1.807, 2.05) is 37.3 Å². The summed E-state index contributed by atoms with van der Waals surface area (Å²) < 4.78 is 6.69. The molecule has 4 rings (SSSR count). The van der Waals surface area contributed by atoms with Crippen LogP contribution >= 0.6 is 22.9 Å². The van der Waals surface area contributed by atoms with E-state index >= 15 is 0 Å². The highest BCUT2D eigenvalue weighted by Gasteiger charge is 2.24. The summed E-state index contributed by atoms with van der Waals surface area (Å²) in [6.07, 6.45) is 1.33. The van der Waals surface area contributed by atoms with Crippen molar-refractivity contribution in [2.75, 3.05) is 5.32 Å². The Morgan fingerprint density at radius 1 is 1.18 bits per heavy atom. The normalized spacial score (nSPS) is 11.9. The van der Waals surface area contributed by atoms with Gasteiger partial charge in [0, 0.05) is 10.7 Å². The average molecular weight is 496 g/mol. The van der Waals surface area contributed by atoms with Crippen LogP contribution in [0.5, 0.6) is 0 Å². The van der Waals surface area contributed by atoms with Gasteiger partial charge in [-0.3, -0.25) is 14.2 Å². The van der Waals surface area contributed by atoms with E-state index in [0.717, 1.165) is 22.5 Å². The molecular formula is C25H22ClN3O4S. The Balaban J connectivity index is 1.59. The van der Waals surface area contributed by atoms with E-state index in [9.17, 15) is 14.4 Å². The molecule has 0 bridgehead atoms. The Kier molecular flexibility index (Phi) is 6.81. The number of hydrogen-bond acceptors (Lipinski definition) is 6. The number of nitrogens with zero attached hydrogens (tertiary/aromatic N) is 2. The zero-order valence-electron chi connectivity index (χ0n) is 18.8. The molecule has 0 radical (unpaired) electrons. The second-order valence-corrected chi connectivity index (χ2v) is 9.32. The number of hydrogen-bond donors (Lipinski definition) is 1. The van der Waals surface area contributed by atoms with E-state index in [1.54, 1.807) is 32.0 Å². The SMILES string of the molecule is Cc1ccc(Cl)cc1NC(=O)C(C)n1cnc2sc(C(=O)OCc3ccccc3)c(C)c2c1=O. The Bertz CT molecular complexity index is 1450. The van der Waals surface area contributed by atoms with Crippen molar-refractivity contribution >= 4 is 50.7 Å². The second kappa shape index (κ2) is 9.79. The maximum atomic E-state index is 13.3. The first-order chi connectivity index (χ1) is 16.3. The van der Waals surface area contributed by atoms with Gasteiger partial charge in [-0.15, -0.1) is 11.3 Å². The summed E-state index contributed by atoms with van der Waals surface area (Å²) in [5.41, 5.74) is 2.37. The molecule has 1 N–H and O–H groups in total. The van der Waals surface area contributed by atoms with Gasteiger partial charge in [0.2, 0.25) is 5.91 Å². The Morgan fingerprint density at radius 2 is 1.91 bits per heavy atom. The van der Waals surface area contributed by atoms with E-state index in [2.05, 4.69) is 10.3 Å². The van der Waals surface area contributed by atoms with Crippen molar-refractivity contribution in [3.8, 4) is 0 Å². The molecule has 0 spiro atoms. The average Bonchev–Trinajstić information content (AvgIpc) is 3.17. The van der Waals surface area contributed by atoms with Crippen LogP contribution in [0.2, 0.25) is 5.02 Å². The molecule has 1 amide bonds. The van der Waals surface area contributed by atoms with Gasteiger partial charge in [-0.1, -0.05) is 48.0 Å². The van der Waals surface area contributed by atoms with Crippen molar-refractivity contribution in [2.45, 2.75) is 33.4 Å². The number of aryl methyl sites for hydroxylation is 2. The summed E-state index contributed by atoms with van der Waals surface area (Å²) in [6, 6.07) is 13.7. The Labute approximate surface area is 205 Å². The summed E-state index contributed by atoms with van der Waals surface area (Å²) in [7, 11) is 0. The molecule has 2 aromatic heterocycles. The minimum Gasteiger partial charge on any atom is -0.457 e. The largest absolute Gasteiger partial charge is 0.457 e. The van der Waals surface area contributed by atoms with Crippen LogP contribution < -0.4 is 10.9 Å². The Hall–Kier alpha value is -3.49. The fourth-order valence-corrected chi connectivity index (χ4v) is 4.69. The van der Waals surface area contributed by atoms with Crippen LogP contribution in [0.3, 0.4) is 0 Å². The molecule has 0 saturated carbocycles. The lowest BCUT2D eigenvalue weighted by Crippen LogP contribution is -2.32. The fourth-order valence-electron chi connectivity index (χ4n) is 3.49. The molecule has 0 aliphatic rings. The minimum atomic E-state index is -0.837. The number of nitrogens with one attached hydrogen (secondary N) is 1. The van der Waals surface area contributed by atoms with Gasteiger partial charge in [-0.2, -0.15) is 0 Å². The molecule has 1 atom stereocenters. The van der Waals surface area contributed by atoms with Crippen LogP contribution in [0, 0.1) is 13.8 Å². The highest BCUT2D eigenvalue weighted by Crippen LogP contribution is 2.28. The molecule has 2 heterocycles. The van der Waals surface area contributed by atoms with Crippen LogP contribution in [0.4, 0.5) is 5.69 Å². The number of aromatic nitrogens is 2. The van der Waals surface area contributed by atoms with E-state index in [0.29, 0.717) is 31.4 Å². The molecule has 34 heavy (non-hydrogen) atoms. The van der Waals surface area contributed by atoms with E-state index < -0.39 is 17.6 Å². The lowest BCUT2D eigenvalue weighted by molar-refractivity contribution is -0.118. The van der Waals surface area contributed by atoms with Gasteiger partial charge >= 0.3 is 5.97 Å². The number of esters is 1. The van der Waals surface area contributed by atoms with Crippen LogP contribution in [0.25, 0.3) is 10.2 Å². The first-order valence-electron chi connectivity index (χ1n) is 10.5. The maximum Gasteiger partial charge on any atom is 0.349 e.